The molecular weight excluding hydrogens is 325 g/mol. The molecule has 1 aromatic rings. The van der Waals surface area contributed by atoms with Gasteiger partial charge in [0.25, 0.3) is 0 Å². The molecule has 2 aliphatic heterocycles. The molecule has 2 fully saturated rings. The third-order valence-corrected chi connectivity index (χ3v) is 4.74. The summed E-state index contributed by atoms with van der Waals surface area (Å²) in [5.74, 6) is -2.75. The largest absolute Gasteiger partial charge is 0.471 e. The van der Waals surface area contributed by atoms with E-state index in [0.29, 0.717) is 24.9 Å². The van der Waals surface area contributed by atoms with Crippen molar-refractivity contribution in [2.24, 2.45) is 0 Å². The molecule has 130 valence electrons. The third kappa shape index (κ3) is 2.75. The predicted octanol–water partition coefficient (Wildman–Crippen LogP) is 1.32. The van der Waals surface area contributed by atoms with Crippen LogP contribution in [0.1, 0.15) is 24.8 Å². The Bertz CT molecular complexity index is 650. The van der Waals surface area contributed by atoms with Gasteiger partial charge in [0, 0.05) is 13.0 Å². The summed E-state index contributed by atoms with van der Waals surface area (Å²) >= 11 is 0. The van der Waals surface area contributed by atoms with Crippen LogP contribution in [0.4, 0.5) is 13.2 Å². The standard InChI is InChI=1S/C16H17F3N2O3/c17-16(18,19)14(23)20-11-9-15(24,10-5-2-1-3-6-10)12-7-4-8-21(12)13(11)22/h1-3,5-6,11-12,24H,4,7-9H2,(H,20,23)/t11-,12+,15-/m0/s1. The van der Waals surface area contributed by atoms with Crippen LogP contribution in [0.2, 0.25) is 0 Å². The summed E-state index contributed by atoms with van der Waals surface area (Å²) in [5, 5.41) is 12.9. The summed E-state index contributed by atoms with van der Waals surface area (Å²) in [6.45, 7) is 0.358. The van der Waals surface area contributed by atoms with E-state index < -0.39 is 35.7 Å². The van der Waals surface area contributed by atoms with Crippen LogP contribution in [-0.2, 0) is 15.2 Å². The Labute approximate surface area is 136 Å². The lowest BCUT2D eigenvalue weighted by atomic mass is 9.77. The Kier molecular flexibility index (Phi) is 4.03. The number of nitrogens with zero attached hydrogens (tertiary/aromatic N) is 1. The molecular formula is C16H17F3N2O3. The smallest absolute Gasteiger partial charge is 0.383 e. The Morgan fingerprint density at radius 3 is 2.58 bits per heavy atom. The van der Waals surface area contributed by atoms with Gasteiger partial charge < -0.3 is 15.3 Å². The van der Waals surface area contributed by atoms with Crippen molar-refractivity contribution in [3.8, 4) is 0 Å². The van der Waals surface area contributed by atoms with E-state index in [1.54, 1.807) is 35.6 Å². The maximum Gasteiger partial charge on any atom is 0.471 e. The average molecular weight is 342 g/mol. The molecule has 2 heterocycles. The fourth-order valence-electron chi connectivity index (χ4n) is 3.65. The lowest BCUT2D eigenvalue weighted by Gasteiger charge is -2.46. The first-order chi connectivity index (χ1) is 11.2. The molecule has 8 heteroatoms. The maximum atomic E-state index is 12.5. The zero-order valence-corrected chi connectivity index (χ0v) is 12.7. The van der Waals surface area contributed by atoms with Crippen LogP contribution in [0.25, 0.3) is 0 Å². The molecule has 2 N–H and O–H groups in total. The summed E-state index contributed by atoms with van der Waals surface area (Å²) in [7, 11) is 0. The molecule has 3 rings (SSSR count). The Morgan fingerprint density at radius 1 is 1.29 bits per heavy atom. The van der Waals surface area contributed by atoms with E-state index in [-0.39, 0.29) is 6.42 Å². The van der Waals surface area contributed by atoms with Crippen molar-refractivity contribution >= 4 is 11.8 Å². The average Bonchev–Trinajstić information content (AvgIpc) is 3.03. The van der Waals surface area contributed by atoms with Gasteiger partial charge >= 0.3 is 12.1 Å². The van der Waals surface area contributed by atoms with Crippen LogP contribution in [0.5, 0.6) is 0 Å². The Balaban J connectivity index is 1.93. The molecule has 1 aromatic carbocycles. The van der Waals surface area contributed by atoms with E-state index in [4.69, 9.17) is 0 Å². The molecule has 2 amide bonds. The van der Waals surface area contributed by atoms with Gasteiger partial charge in [0.15, 0.2) is 0 Å². The number of nitrogens with one attached hydrogen (secondary N) is 1. The van der Waals surface area contributed by atoms with Crippen LogP contribution in [0.15, 0.2) is 30.3 Å². The maximum absolute atomic E-state index is 12.5. The second-order valence-electron chi connectivity index (χ2n) is 6.21. The van der Waals surface area contributed by atoms with Gasteiger partial charge in [-0.25, -0.2) is 0 Å². The highest BCUT2D eigenvalue weighted by Crippen LogP contribution is 2.42. The van der Waals surface area contributed by atoms with Crippen LogP contribution < -0.4 is 5.32 Å². The minimum absolute atomic E-state index is 0.279. The number of piperidine rings is 1. The van der Waals surface area contributed by atoms with Gasteiger partial charge in [-0.05, 0) is 18.4 Å². The van der Waals surface area contributed by atoms with E-state index in [2.05, 4.69) is 0 Å². The first kappa shape index (κ1) is 16.8. The third-order valence-electron chi connectivity index (χ3n) is 4.74. The molecule has 2 saturated heterocycles. The monoisotopic (exact) mass is 342 g/mol. The van der Waals surface area contributed by atoms with Crippen LogP contribution in [-0.4, -0.2) is 46.6 Å². The van der Waals surface area contributed by atoms with Crippen molar-refractivity contribution in [2.75, 3.05) is 6.54 Å². The minimum atomic E-state index is -5.08. The quantitative estimate of drug-likeness (QED) is 0.852. The molecule has 0 aromatic heterocycles. The molecule has 0 bridgehead atoms. The summed E-state index contributed by atoms with van der Waals surface area (Å²) in [6, 6.07) is 6.64. The topological polar surface area (TPSA) is 69.6 Å². The van der Waals surface area contributed by atoms with Gasteiger partial charge in [0.2, 0.25) is 5.91 Å². The fourth-order valence-corrected chi connectivity index (χ4v) is 3.65. The van der Waals surface area contributed by atoms with E-state index in [0.717, 1.165) is 0 Å². The Hall–Kier alpha value is -2.09. The summed E-state index contributed by atoms with van der Waals surface area (Å²) in [5.41, 5.74) is -0.962. The van der Waals surface area contributed by atoms with Crippen molar-refractivity contribution in [3.05, 3.63) is 35.9 Å². The predicted molar refractivity (Wildman–Crippen MR) is 77.7 cm³/mol. The van der Waals surface area contributed by atoms with Crippen molar-refractivity contribution in [1.29, 1.82) is 0 Å². The number of carbonyl (C=O) groups excluding carboxylic acids is 2. The number of rotatable bonds is 2. The number of fused-ring (bicyclic) bond motifs is 1. The molecule has 2 aliphatic rings. The number of benzene rings is 1. The van der Waals surface area contributed by atoms with Crippen molar-refractivity contribution in [3.63, 3.8) is 0 Å². The molecule has 5 nitrogen and oxygen atoms in total. The van der Waals surface area contributed by atoms with Crippen LogP contribution >= 0.6 is 0 Å². The summed E-state index contributed by atoms with van der Waals surface area (Å²) in [6.07, 6.45) is -4.13. The fraction of sp³-hybridized carbons (Fsp3) is 0.500. The van der Waals surface area contributed by atoms with Crippen molar-refractivity contribution in [1.82, 2.24) is 10.2 Å². The molecule has 3 atom stereocenters. The van der Waals surface area contributed by atoms with Crippen molar-refractivity contribution < 1.29 is 27.9 Å². The molecule has 0 radical (unpaired) electrons. The highest BCUT2D eigenvalue weighted by Gasteiger charge is 2.54. The zero-order valence-electron chi connectivity index (χ0n) is 12.7. The summed E-state index contributed by atoms with van der Waals surface area (Å²) < 4.78 is 37.5. The number of hydrogen-bond donors (Lipinski definition) is 2. The second kappa shape index (κ2) is 5.77. The SMILES string of the molecule is O=C1[C@@H](NC(=O)C(F)(F)F)C[C@](O)(c2ccccc2)[C@H]2CCCN12. The normalized spacial score (nSPS) is 30.2. The van der Waals surface area contributed by atoms with Gasteiger partial charge in [-0.1, -0.05) is 30.3 Å². The number of aliphatic hydroxyl groups is 1. The van der Waals surface area contributed by atoms with Crippen molar-refractivity contribution in [2.45, 2.75) is 43.1 Å². The van der Waals surface area contributed by atoms with Crippen LogP contribution in [0, 0.1) is 0 Å². The number of hydrogen-bond acceptors (Lipinski definition) is 3. The van der Waals surface area contributed by atoms with Gasteiger partial charge in [0.1, 0.15) is 11.6 Å². The lowest BCUT2D eigenvalue weighted by Crippen LogP contribution is -2.64. The minimum Gasteiger partial charge on any atom is -0.383 e. The van der Waals surface area contributed by atoms with Gasteiger partial charge in [-0.2, -0.15) is 13.2 Å². The molecule has 0 spiro atoms. The lowest BCUT2D eigenvalue weighted by molar-refractivity contribution is -0.178. The van der Waals surface area contributed by atoms with Gasteiger partial charge in [-0.3, -0.25) is 9.59 Å². The number of alkyl halides is 3. The molecule has 0 unspecified atom stereocenters. The highest BCUT2D eigenvalue weighted by atomic mass is 19.4. The van der Waals surface area contributed by atoms with Crippen LogP contribution in [0.3, 0.4) is 0 Å². The number of halogens is 3. The zero-order chi connectivity index (χ0) is 17.5. The summed E-state index contributed by atoms with van der Waals surface area (Å²) in [4.78, 5) is 25.0. The van der Waals surface area contributed by atoms with E-state index in [1.165, 1.54) is 4.90 Å². The van der Waals surface area contributed by atoms with E-state index in [9.17, 15) is 27.9 Å². The molecule has 24 heavy (non-hydrogen) atoms. The number of carbonyl (C=O) groups is 2. The second-order valence-corrected chi connectivity index (χ2v) is 6.21. The molecule has 0 saturated carbocycles. The molecule has 0 aliphatic carbocycles. The van der Waals surface area contributed by atoms with Gasteiger partial charge in [-0.15, -0.1) is 0 Å². The van der Waals surface area contributed by atoms with E-state index >= 15 is 0 Å². The first-order valence-corrected chi connectivity index (χ1v) is 7.69. The van der Waals surface area contributed by atoms with Gasteiger partial charge in [0.05, 0.1) is 6.04 Å². The van der Waals surface area contributed by atoms with E-state index in [1.807, 2.05) is 0 Å². The number of amides is 2. The Morgan fingerprint density at radius 2 is 1.96 bits per heavy atom. The highest BCUT2D eigenvalue weighted by molar-refractivity contribution is 5.91. The first-order valence-electron chi connectivity index (χ1n) is 7.69.